The zero-order valence-corrected chi connectivity index (χ0v) is 15.1. The standard InChI is InChI=1S/C18H18N2O5S/c1-12-7-9-17(10-8-12)26(24,25)19-18(13(2)14(3)21)15-5-4-6-16(11-15)20(22)23/h4-11,18-19H,2H2,1,3H3/t18-/m0/s1. The van der Waals surface area contributed by atoms with Gasteiger partial charge in [0.05, 0.1) is 15.9 Å². The second-order valence-electron chi connectivity index (χ2n) is 5.80. The Bertz CT molecular complexity index is 965. The fourth-order valence-electron chi connectivity index (χ4n) is 2.30. The Balaban J connectivity index is 2.47. The molecule has 1 atom stereocenters. The summed E-state index contributed by atoms with van der Waals surface area (Å²) >= 11 is 0. The van der Waals surface area contributed by atoms with E-state index in [2.05, 4.69) is 11.3 Å². The fraction of sp³-hybridized carbons (Fsp3) is 0.167. The van der Waals surface area contributed by atoms with E-state index in [0.717, 1.165) is 5.56 Å². The third kappa shape index (κ3) is 4.41. The lowest BCUT2D eigenvalue weighted by Gasteiger charge is -2.20. The topological polar surface area (TPSA) is 106 Å². The molecule has 8 heteroatoms. The van der Waals surface area contributed by atoms with E-state index in [1.165, 1.54) is 43.3 Å². The van der Waals surface area contributed by atoms with Gasteiger partial charge in [-0.2, -0.15) is 4.72 Å². The van der Waals surface area contributed by atoms with E-state index in [-0.39, 0.29) is 21.7 Å². The lowest BCUT2D eigenvalue weighted by molar-refractivity contribution is -0.384. The molecule has 0 bridgehead atoms. The third-order valence-corrected chi connectivity index (χ3v) is 5.26. The van der Waals surface area contributed by atoms with Crippen LogP contribution in [0.5, 0.6) is 0 Å². The highest BCUT2D eigenvalue weighted by Crippen LogP contribution is 2.27. The number of Topliss-reactive ketones (excluding diaryl/α,β-unsaturated/α-hetero) is 1. The first kappa shape index (κ1) is 19.5. The Morgan fingerprint density at radius 2 is 1.81 bits per heavy atom. The first-order chi connectivity index (χ1) is 12.1. The van der Waals surface area contributed by atoms with Crippen LogP contribution in [0.4, 0.5) is 5.69 Å². The molecule has 0 aliphatic heterocycles. The average Bonchev–Trinajstić information content (AvgIpc) is 2.59. The van der Waals surface area contributed by atoms with E-state index in [1.807, 2.05) is 6.92 Å². The van der Waals surface area contributed by atoms with Crippen LogP contribution in [0.2, 0.25) is 0 Å². The van der Waals surface area contributed by atoms with Gasteiger partial charge in [0.1, 0.15) is 0 Å². The van der Waals surface area contributed by atoms with Gasteiger partial charge in [-0.25, -0.2) is 8.42 Å². The first-order valence-electron chi connectivity index (χ1n) is 7.65. The fourth-order valence-corrected chi connectivity index (χ4v) is 3.52. The number of benzene rings is 2. The zero-order chi connectivity index (χ0) is 19.5. The second kappa shape index (κ2) is 7.59. The molecule has 7 nitrogen and oxygen atoms in total. The molecule has 0 fully saturated rings. The number of carbonyl (C=O) groups excluding carboxylic acids is 1. The number of hydrogen-bond acceptors (Lipinski definition) is 5. The number of carbonyl (C=O) groups is 1. The molecule has 26 heavy (non-hydrogen) atoms. The van der Waals surface area contributed by atoms with E-state index in [4.69, 9.17) is 0 Å². The van der Waals surface area contributed by atoms with Crippen molar-refractivity contribution in [3.8, 4) is 0 Å². The number of nitrogens with zero attached hydrogens (tertiary/aromatic N) is 1. The van der Waals surface area contributed by atoms with Crippen LogP contribution in [0.15, 0.2) is 65.6 Å². The molecule has 0 spiro atoms. The van der Waals surface area contributed by atoms with Gasteiger partial charge in [-0.3, -0.25) is 14.9 Å². The maximum absolute atomic E-state index is 12.7. The summed E-state index contributed by atoms with van der Waals surface area (Å²) in [6, 6.07) is 10.5. The number of ketones is 1. The van der Waals surface area contributed by atoms with Crippen molar-refractivity contribution >= 4 is 21.5 Å². The van der Waals surface area contributed by atoms with Gasteiger partial charge in [-0.1, -0.05) is 36.4 Å². The van der Waals surface area contributed by atoms with Gasteiger partial charge in [0.2, 0.25) is 10.0 Å². The van der Waals surface area contributed by atoms with Crippen molar-refractivity contribution in [2.24, 2.45) is 0 Å². The van der Waals surface area contributed by atoms with Gasteiger partial charge in [0, 0.05) is 17.7 Å². The Hall–Kier alpha value is -2.84. The number of nitro benzene ring substituents is 1. The number of rotatable bonds is 7. The molecule has 0 heterocycles. The molecule has 0 aromatic heterocycles. The van der Waals surface area contributed by atoms with Gasteiger partial charge in [0.15, 0.2) is 5.78 Å². The molecule has 136 valence electrons. The van der Waals surface area contributed by atoms with Crippen LogP contribution in [-0.2, 0) is 14.8 Å². The number of non-ortho nitro benzene ring substituents is 1. The monoisotopic (exact) mass is 374 g/mol. The third-order valence-electron chi connectivity index (χ3n) is 3.82. The molecule has 0 aliphatic rings. The molecule has 0 radical (unpaired) electrons. The van der Waals surface area contributed by atoms with Crippen molar-refractivity contribution < 1.29 is 18.1 Å². The Morgan fingerprint density at radius 3 is 2.35 bits per heavy atom. The van der Waals surface area contributed by atoms with Crippen molar-refractivity contribution in [2.75, 3.05) is 0 Å². The smallest absolute Gasteiger partial charge is 0.269 e. The van der Waals surface area contributed by atoms with Crippen LogP contribution < -0.4 is 4.72 Å². The van der Waals surface area contributed by atoms with E-state index in [0.29, 0.717) is 0 Å². The highest BCUT2D eigenvalue weighted by Gasteiger charge is 2.26. The average molecular weight is 374 g/mol. The Kier molecular flexibility index (Phi) is 5.69. The van der Waals surface area contributed by atoms with Crippen molar-refractivity contribution in [2.45, 2.75) is 24.8 Å². The summed E-state index contributed by atoms with van der Waals surface area (Å²) in [6.45, 7) is 6.73. The van der Waals surface area contributed by atoms with Gasteiger partial charge in [-0.15, -0.1) is 0 Å². The largest absolute Gasteiger partial charge is 0.295 e. The minimum atomic E-state index is -3.97. The molecular weight excluding hydrogens is 356 g/mol. The molecule has 1 N–H and O–H groups in total. The number of nitro groups is 1. The van der Waals surface area contributed by atoms with Gasteiger partial charge >= 0.3 is 0 Å². The van der Waals surface area contributed by atoms with E-state index in [9.17, 15) is 23.3 Å². The lowest BCUT2D eigenvalue weighted by Crippen LogP contribution is -2.31. The summed E-state index contributed by atoms with van der Waals surface area (Å²) < 4.78 is 27.8. The van der Waals surface area contributed by atoms with Crippen molar-refractivity contribution in [1.82, 2.24) is 4.72 Å². The van der Waals surface area contributed by atoms with E-state index in [1.54, 1.807) is 12.1 Å². The molecule has 0 saturated carbocycles. The van der Waals surface area contributed by atoms with Crippen molar-refractivity contribution in [3.63, 3.8) is 0 Å². The van der Waals surface area contributed by atoms with Gasteiger partial charge in [0.25, 0.3) is 5.69 Å². The summed E-state index contributed by atoms with van der Waals surface area (Å²) in [5.74, 6) is -0.423. The SMILES string of the molecule is C=C(C(C)=O)[C@H](NS(=O)(=O)c1ccc(C)cc1)c1cccc([N+](=O)[O-])c1. The van der Waals surface area contributed by atoms with Crippen molar-refractivity contribution in [1.29, 1.82) is 0 Å². The number of sulfonamides is 1. The van der Waals surface area contributed by atoms with Crippen LogP contribution in [0.25, 0.3) is 0 Å². The maximum Gasteiger partial charge on any atom is 0.269 e. The van der Waals surface area contributed by atoms with E-state index < -0.39 is 26.8 Å². The second-order valence-corrected chi connectivity index (χ2v) is 7.51. The number of hydrogen-bond donors (Lipinski definition) is 1. The predicted molar refractivity (Wildman–Crippen MR) is 97.2 cm³/mol. The predicted octanol–water partition coefficient (Wildman–Crippen LogP) is 3.07. The molecule has 0 unspecified atom stereocenters. The Labute approximate surface area is 151 Å². The first-order valence-corrected chi connectivity index (χ1v) is 9.13. The highest BCUT2D eigenvalue weighted by atomic mass is 32.2. The van der Waals surface area contributed by atoms with Gasteiger partial charge in [-0.05, 0) is 31.5 Å². The van der Waals surface area contributed by atoms with Crippen LogP contribution in [0.1, 0.15) is 24.1 Å². The molecule has 2 rings (SSSR count). The minimum Gasteiger partial charge on any atom is -0.295 e. The quantitative estimate of drug-likeness (QED) is 0.455. The summed E-state index contributed by atoms with van der Waals surface area (Å²) in [7, 11) is -3.97. The van der Waals surface area contributed by atoms with Gasteiger partial charge < -0.3 is 0 Å². The lowest BCUT2D eigenvalue weighted by atomic mass is 9.98. The summed E-state index contributed by atoms with van der Waals surface area (Å²) in [6.07, 6.45) is 0. The van der Waals surface area contributed by atoms with Crippen LogP contribution in [0, 0.1) is 17.0 Å². The van der Waals surface area contributed by atoms with Crippen LogP contribution >= 0.6 is 0 Å². The molecular formula is C18H18N2O5S. The molecule has 0 saturated heterocycles. The van der Waals surface area contributed by atoms with Crippen LogP contribution in [-0.4, -0.2) is 19.1 Å². The zero-order valence-electron chi connectivity index (χ0n) is 14.3. The maximum atomic E-state index is 12.7. The number of aryl methyl sites for hydroxylation is 1. The van der Waals surface area contributed by atoms with Crippen molar-refractivity contribution in [3.05, 3.63) is 81.9 Å². The summed E-state index contributed by atoms with van der Waals surface area (Å²) in [5.41, 5.74) is 0.932. The molecule has 2 aromatic rings. The molecule has 0 aliphatic carbocycles. The highest BCUT2D eigenvalue weighted by molar-refractivity contribution is 7.89. The van der Waals surface area contributed by atoms with E-state index >= 15 is 0 Å². The molecule has 2 aromatic carbocycles. The Morgan fingerprint density at radius 1 is 1.19 bits per heavy atom. The summed E-state index contributed by atoms with van der Waals surface area (Å²) in [5, 5.41) is 11.0. The number of nitrogens with one attached hydrogen (secondary N) is 1. The van der Waals surface area contributed by atoms with Crippen LogP contribution in [0.3, 0.4) is 0 Å². The minimum absolute atomic E-state index is 0.0128. The molecule has 0 amide bonds. The normalized spacial score (nSPS) is 12.4. The summed E-state index contributed by atoms with van der Waals surface area (Å²) in [4.78, 5) is 22.2.